The standard InChI is InChI=1S/C37H44F2N6O4/c1-5-27-29(39)10-9-24-17-26(47)18-31(33(24)27)44-14-11-28-30(21-44)41-35(49-23-36(3)19-25(38)20-45(36)15-16-46)42-34(28)40-22-37(12-7-8-13-37)43(4)32(48)6-2/h1,6,9-10,17-18,25,46-47H,2,7-8,11-16,19-23H2,3-4H3,(H,40,41,42)/t25-,36+/m1/s1. The summed E-state index contributed by atoms with van der Waals surface area (Å²) in [5.41, 5.74) is 1.19. The van der Waals surface area contributed by atoms with Crippen LogP contribution in [0.15, 0.2) is 36.9 Å². The Morgan fingerprint density at radius 2 is 2.08 bits per heavy atom. The number of carbonyl (C=O) groups is 1. The summed E-state index contributed by atoms with van der Waals surface area (Å²) >= 11 is 0. The van der Waals surface area contributed by atoms with Crippen LogP contribution in [0.25, 0.3) is 10.8 Å². The third kappa shape index (κ3) is 6.62. The van der Waals surface area contributed by atoms with Crippen molar-refractivity contribution in [2.75, 3.05) is 56.7 Å². The molecule has 0 spiro atoms. The lowest BCUT2D eigenvalue weighted by Crippen LogP contribution is -2.51. The Morgan fingerprint density at radius 1 is 1.31 bits per heavy atom. The van der Waals surface area contributed by atoms with Crippen LogP contribution in [0.4, 0.5) is 20.3 Å². The van der Waals surface area contributed by atoms with Gasteiger partial charge in [-0.3, -0.25) is 9.69 Å². The second-order valence-electron chi connectivity index (χ2n) is 13.7. The summed E-state index contributed by atoms with van der Waals surface area (Å²) in [7, 11) is 1.81. The van der Waals surface area contributed by atoms with Crippen molar-refractivity contribution in [1.82, 2.24) is 19.8 Å². The van der Waals surface area contributed by atoms with Gasteiger partial charge in [-0.25, -0.2) is 8.78 Å². The molecule has 49 heavy (non-hydrogen) atoms. The van der Waals surface area contributed by atoms with Crippen molar-refractivity contribution in [3.8, 4) is 24.1 Å². The molecule has 2 fully saturated rings. The number of phenols is 1. The van der Waals surface area contributed by atoms with Crippen LogP contribution in [0, 0.1) is 18.2 Å². The van der Waals surface area contributed by atoms with Gasteiger partial charge in [-0.05, 0) is 49.8 Å². The topological polar surface area (TPSA) is 114 Å². The first kappa shape index (κ1) is 34.4. The Hall–Kier alpha value is -4.47. The number of aromatic hydroxyl groups is 1. The molecule has 1 amide bonds. The molecule has 6 rings (SSSR count). The van der Waals surface area contributed by atoms with Crippen LogP contribution >= 0.6 is 0 Å². The fourth-order valence-electron chi connectivity index (χ4n) is 7.88. The molecule has 2 aliphatic heterocycles. The van der Waals surface area contributed by atoms with Crippen LogP contribution in [0.3, 0.4) is 0 Å². The molecular formula is C37H44F2N6O4. The second kappa shape index (κ2) is 13.8. The molecule has 2 atom stereocenters. The monoisotopic (exact) mass is 674 g/mol. The van der Waals surface area contributed by atoms with Crippen LogP contribution in [0.5, 0.6) is 11.8 Å². The SMILES string of the molecule is C#Cc1c(F)ccc2cc(O)cc(N3CCc4c(nc(OC[C@]5(C)C[C@@H](F)CN5CCO)nc4NCC4(N(C)C(=O)C=C)CCCC4)C3)c12. The summed E-state index contributed by atoms with van der Waals surface area (Å²) in [6.07, 6.45) is 10.5. The number of fused-ring (bicyclic) bond motifs is 2. The highest BCUT2D eigenvalue weighted by Crippen LogP contribution is 2.40. The van der Waals surface area contributed by atoms with Crippen LogP contribution in [0.1, 0.15) is 55.8 Å². The number of aromatic nitrogens is 2. The van der Waals surface area contributed by atoms with Crippen molar-refractivity contribution in [2.45, 2.75) is 69.2 Å². The smallest absolute Gasteiger partial charge is 0.318 e. The van der Waals surface area contributed by atoms with E-state index in [1.54, 1.807) is 23.1 Å². The van der Waals surface area contributed by atoms with Crippen molar-refractivity contribution in [3.63, 3.8) is 0 Å². The van der Waals surface area contributed by atoms with E-state index in [4.69, 9.17) is 21.1 Å². The predicted molar refractivity (Wildman–Crippen MR) is 185 cm³/mol. The summed E-state index contributed by atoms with van der Waals surface area (Å²) in [4.78, 5) is 28.1. The molecule has 0 bridgehead atoms. The van der Waals surface area contributed by atoms with E-state index in [1.807, 2.05) is 23.8 Å². The summed E-state index contributed by atoms with van der Waals surface area (Å²) in [5, 5.41) is 24.9. The highest BCUT2D eigenvalue weighted by Gasteiger charge is 2.43. The van der Waals surface area contributed by atoms with Gasteiger partial charge in [-0.2, -0.15) is 9.97 Å². The largest absolute Gasteiger partial charge is 0.508 e. The first-order valence-electron chi connectivity index (χ1n) is 16.8. The number of carbonyl (C=O) groups excluding carboxylic acids is 1. The maximum atomic E-state index is 14.9. The lowest BCUT2D eigenvalue weighted by atomic mass is 9.94. The number of hydrogen-bond donors (Lipinski definition) is 3. The Morgan fingerprint density at radius 3 is 2.80 bits per heavy atom. The van der Waals surface area contributed by atoms with Gasteiger partial charge in [0, 0.05) is 62.4 Å². The number of hydrogen-bond acceptors (Lipinski definition) is 9. The minimum Gasteiger partial charge on any atom is -0.508 e. The van der Waals surface area contributed by atoms with Gasteiger partial charge >= 0.3 is 6.01 Å². The van der Waals surface area contributed by atoms with Gasteiger partial charge in [-0.15, -0.1) is 6.42 Å². The Balaban J connectivity index is 1.36. The van der Waals surface area contributed by atoms with Crippen molar-refractivity contribution in [2.24, 2.45) is 0 Å². The average molecular weight is 675 g/mol. The maximum Gasteiger partial charge on any atom is 0.318 e. The molecule has 12 heteroatoms. The normalized spacial score (nSPS) is 21.7. The van der Waals surface area contributed by atoms with Crippen molar-refractivity contribution in [1.29, 1.82) is 0 Å². The highest BCUT2D eigenvalue weighted by molar-refractivity contribution is 6.00. The number of benzene rings is 2. The van der Waals surface area contributed by atoms with Crippen molar-refractivity contribution < 1.29 is 28.5 Å². The van der Waals surface area contributed by atoms with Crippen LogP contribution in [-0.4, -0.2) is 99.6 Å². The Bertz CT molecular complexity index is 1790. The quantitative estimate of drug-likeness (QED) is 0.199. The lowest BCUT2D eigenvalue weighted by Gasteiger charge is -2.39. The zero-order valence-corrected chi connectivity index (χ0v) is 28.1. The molecular weight excluding hydrogens is 630 g/mol. The van der Waals surface area contributed by atoms with E-state index in [2.05, 4.69) is 17.8 Å². The van der Waals surface area contributed by atoms with Crippen LogP contribution in [0.2, 0.25) is 0 Å². The molecule has 260 valence electrons. The number of rotatable bonds is 11. The van der Waals surface area contributed by atoms with Crippen LogP contribution in [-0.2, 0) is 17.8 Å². The number of halogens is 2. The summed E-state index contributed by atoms with van der Waals surface area (Å²) in [5.74, 6) is 2.45. The zero-order chi connectivity index (χ0) is 34.9. The van der Waals surface area contributed by atoms with Gasteiger partial charge in [0.25, 0.3) is 0 Å². The van der Waals surface area contributed by atoms with E-state index in [9.17, 15) is 23.8 Å². The van der Waals surface area contributed by atoms with Gasteiger partial charge in [0.2, 0.25) is 5.91 Å². The van der Waals surface area contributed by atoms with E-state index >= 15 is 0 Å². The summed E-state index contributed by atoms with van der Waals surface area (Å²) < 4.78 is 35.7. The summed E-state index contributed by atoms with van der Waals surface area (Å²) in [6, 6.07) is 6.16. The zero-order valence-electron chi connectivity index (χ0n) is 28.1. The summed E-state index contributed by atoms with van der Waals surface area (Å²) in [6.45, 7) is 7.41. The second-order valence-corrected chi connectivity index (χ2v) is 13.7. The molecule has 3 N–H and O–H groups in total. The molecule has 1 aliphatic carbocycles. The van der Waals surface area contributed by atoms with Gasteiger partial charge < -0.3 is 30.1 Å². The van der Waals surface area contributed by atoms with E-state index in [-0.39, 0.29) is 49.4 Å². The molecule has 1 aromatic heterocycles. The van der Waals surface area contributed by atoms with E-state index < -0.39 is 23.1 Å². The maximum absolute atomic E-state index is 14.9. The number of aliphatic hydroxyl groups is 1. The van der Waals surface area contributed by atoms with Crippen LogP contribution < -0.4 is 15.0 Å². The number of aliphatic hydroxyl groups excluding tert-OH is 1. The third-order valence-corrected chi connectivity index (χ3v) is 10.6. The van der Waals surface area contributed by atoms with E-state index in [0.29, 0.717) is 60.6 Å². The number of anilines is 2. The molecule has 3 aliphatic rings. The van der Waals surface area contributed by atoms with Gasteiger partial charge in [0.05, 0.1) is 35.5 Å². The molecule has 0 radical (unpaired) electrons. The van der Waals surface area contributed by atoms with Crippen molar-refractivity contribution >= 4 is 28.2 Å². The van der Waals surface area contributed by atoms with Gasteiger partial charge in [0.1, 0.15) is 30.2 Å². The molecule has 10 nitrogen and oxygen atoms in total. The number of terminal acetylenes is 1. The molecule has 3 heterocycles. The number of likely N-dealkylation sites (N-methyl/N-ethyl adjacent to an activating group) is 1. The van der Waals surface area contributed by atoms with Gasteiger partial charge in [0.15, 0.2) is 0 Å². The molecule has 1 saturated carbocycles. The van der Waals surface area contributed by atoms with E-state index in [1.165, 1.54) is 12.1 Å². The highest BCUT2D eigenvalue weighted by atomic mass is 19.1. The number of nitrogens with zero attached hydrogens (tertiary/aromatic N) is 5. The minimum absolute atomic E-state index is 0.0282. The number of ether oxygens (including phenoxy) is 1. The first-order chi connectivity index (χ1) is 23.5. The fraction of sp³-hybridized carbons (Fsp3) is 0.486. The third-order valence-electron chi connectivity index (χ3n) is 10.6. The number of alkyl halides is 1. The molecule has 1 saturated heterocycles. The fourth-order valence-corrected chi connectivity index (χ4v) is 7.88. The van der Waals surface area contributed by atoms with E-state index in [0.717, 1.165) is 31.2 Å². The average Bonchev–Trinajstić information content (AvgIpc) is 3.69. The number of nitrogens with one attached hydrogen (secondary N) is 1. The number of phenolic OH excluding ortho intramolecular Hbond substituents is 1. The molecule has 0 unspecified atom stereocenters. The number of likely N-dealkylation sites (tertiary alicyclic amines) is 1. The first-order valence-corrected chi connectivity index (χ1v) is 16.8. The number of amides is 1. The Kier molecular flexibility index (Phi) is 9.69. The van der Waals surface area contributed by atoms with Gasteiger partial charge in [-0.1, -0.05) is 31.4 Å². The Labute approximate surface area is 285 Å². The number of β-amino-alcohol motifs (C(OH)–C–C–N with tert-alkyl or cyclic N) is 1. The minimum atomic E-state index is -1.04. The lowest BCUT2D eigenvalue weighted by molar-refractivity contribution is -0.129. The molecule has 2 aromatic carbocycles. The predicted octanol–water partition coefficient (Wildman–Crippen LogP) is 4.56. The molecule has 3 aromatic rings. The van der Waals surface area contributed by atoms with Crippen molar-refractivity contribution in [3.05, 3.63) is 59.6 Å².